The Hall–Kier alpha value is -2.93. The summed E-state index contributed by atoms with van der Waals surface area (Å²) in [5, 5.41) is 0.262. The molecule has 3 aromatic rings. The van der Waals surface area contributed by atoms with E-state index < -0.39 is 15.8 Å². The van der Waals surface area contributed by atoms with Gasteiger partial charge in [-0.3, -0.25) is 0 Å². The van der Waals surface area contributed by atoms with E-state index in [1.807, 2.05) is 0 Å². The number of carbonyl (C=O) groups excluding carboxylic acids is 1. The summed E-state index contributed by atoms with van der Waals surface area (Å²) in [5.41, 5.74) is 0.469. The molecule has 128 valence electrons. The fourth-order valence-electron chi connectivity index (χ4n) is 2.32. The number of esters is 1. The minimum absolute atomic E-state index is 0.105. The third-order valence-electron chi connectivity index (χ3n) is 3.55. The maximum Gasteiger partial charge on any atom is 0.344 e. The molecule has 6 nitrogen and oxygen atoms in total. The zero-order chi connectivity index (χ0) is 18.0. The number of rotatable bonds is 4. The lowest BCUT2D eigenvalue weighted by atomic mass is 10.1. The Morgan fingerprint density at radius 2 is 1.72 bits per heavy atom. The van der Waals surface area contributed by atoms with Gasteiger partial charge in [0.15, 0.2) is 14.9 Å². The van der Waals surface area contributed by atoms with Crippen LogP contribution in [0.15, 0.2) is 59.6 Å². The largest absolute Gasteiger partial charge is 0.497 e. The fourth-order valence-corrected chi connectivity index (χ4v) is 2.91. The van der Waals surface area contributed by atoms with Crippen LogP contribution in [0.25, 0.3) is 10.9 Å². The topological polar surface area (TPSA) is 82.6 Å². The summed E-state index contributed by atoms with van der Waals surface area (Å²) in [7, 11) is -2.09. The Labute approximate surface area is 144 Å². The zero-order valence-electron chi connectivity index (χ0n) is 13.6. The minimum atomic E-state index is -3.59. The second-order valence-electron chi connectivity index (χ2n) is 5.37. The number of hydrogen-bond acceptors (Lipinski definition) is 6. The van der Waals surface area contributed by atoms with E-state index in [2.05, 4.69) is 4.98 Å². The van der Waals surface area contributed by atoms with Crippen molar-refractivity contribution in [2.24, 2.45) is 0 Å². The van der Waals surface area contributed by atoms with Crippen LogP contribution in [-0.4, -0.2) is 32.7 Å². The molecule has 1 heterocycles. The number of ether oxygens (including phenoxy) is 2. The summed E-state index contributed by atoms with van der Waals surface area (Å²) in [6, 6.07) is 14.6. The van der Waals surface area contributed by atoms with Crippen molar-refractivity contribution < 1.29 is 22.7 Å². The quantitative estimate of drug-likeness (QED) is 0.527. The van der Waals surface area contributed by atoms with E-state index in [0.717, 1.165) is 6.26 Å². The molecule has 0 atom stereocenters. The van der Waals surface area contributed by atoms with Gasteiger partial charge in [-0.05, 0) is 36.4 Å². The number of carbonyl (C=O) groups is 1. The lowest BCUT2D eigenvalue weighted by molar-refractivity contribution is 0.0736. The molecular formula is C18H15NO5S. The second kappa shape index (κ2) is 6.52. The second-order valence-corrected chi connectivity index (χ2v) is 7.33. The third-order valence-corrected chi connectivity index (χ3v) is 4.51. The van der Waals surface area contributed by atoms with Crippen LogP contribution in [0.5, 0.6) is 11.5 Å². The van der Waals surface area contributed by atoms with Crippen LogP contribution in [0.3, 0.4) is 0 Å². The predicted octanol–water partition coefficient (Wildman–Crippen LogP) is 2.87. The highest BCUT2D eigenvalue weighted by molar-refractivity contribution is 7.90. The number of methoxy groups -OCH3 is 1. The number of hydrogen-bond donors (Lipinski definition) is 0. The number of benzene rings is 2. The first kappa shape index (κ1) is 16.9. The molecule has 0 aliphatic carbocycles. The van der Waals surface area contributed by atoms with Crippen molar-refractivity contribution in [3.8, 4) is 11.5 Å². The van der Waals surface area contributed by atoms with E-state index in [-0.39, 0.29) is 10.6 Å². The first-order valence-electron chi connectivity index (χ1n) is 7.34. The number of pyridine rings is 1. The molecule has 7 heteroatoms. The van der Waals surface area contributed by atoms with E-state index >= 15 is 0 Å². The molecule has 0 bridgehead atoms. The molecule has 0 N–H and O–H groups in total. The number of sulfone groups is 1. The predicted molar refractivity (Wildman–Crippen MR) is 92.8 cm³/mol. The SMILES string of the molecule is COc1ccc2nc(S(C)(=O)=O)cc(C(=O)Oc3ccccc3)c2c1. The molecule has 1 aromatic heterocycles. The van der Waals surface area contributed by atoms with Crippen molar-refractivity contribution in [2.45, 2.75) is 5.03 Å². The summed E-state index contributed by atoms with van der Waals surface area (Å²) in [4.78, 5) is 16.7. The monoisotopic (exact) mass is 357 g/mol. The molecule has 0 saturated heterocycles. The van der Waals surface area contributed by atoms with Gasteiger partial charge in [-0.2, -0.15) is 0 Å². The molecule has 0 amide bonds. The van der Waals surface area contributed by atoms with Crippen LogP contribution in [0.2, 0.25) is 0 Å². The van der Waals surface area contributed by atoms with Gasteiger partial charge in [0.05, 0.1) is 18.2 Å². The van der Waals surface area contributed by atoms with Gasteiger partial charge in [0.2, 0.25) is 0 Å². The summed E-state index contributed by atoms with van der Waals surface area (Å²) in [6.07, 6.45) is 1.04. The van der Waals surface area contributed by atoms with E-state index in [4.69, 9.17) is 9.47 Å². The lowest BCUT2D eigenvalue weighted by Gasteiger charge is -2.10. The van der Waals surface area contributed by atoms with Gasteiger partial charge in [0, 0.05) is 11.6 Å². The Morgan fingerprint density at radius 1 is 1.00 bits per heavy atom. The molecule has 0 unspecified atom stereocenters. The number of para-hydroxylation sites is 1. The molecule has 0 aliphatic rings. The van der Waals surface area contributed by atoms with Gasteiger partial charge >= 0.3 is 5.97 Å². The average molecular weight is 357 g/mol. The highest BCUT2D eigenvalue weighted by Gasteiger charge is 2.20. The highest BCUT2D eigenvalue weighted by atomic mass is 32.2. The van der Waals surface area contributed by atoms with E-state index in [1.165, 1.54) is 13.2 Å². The normalized spacial score (nSPS) is 11.3. The lowest BCUT2D eigenvalue weighted by Crippen LogP contribution is -2.12. The average Bonchev–Trinajstić information content (AvgIpc) is 2.60. The molecule has 0 aliphatic heterocycles. The maximum absolute atomic E-state index is 12.6. The van der Waals surface area contributed by atoms with Gasteiger partial charge in [-0.25, -0.2) is 18.2 Å². The Morgan fingerprint density at radius 3 is 2.36 bits per heavy atom. The molecule has 25 heavy (non-hydrogen) atoms. The molecule has 0 fully saturated rings. The smallest absolute Gasteiger partial charge is 0.344 e. The molecule has 2 aromatic carbocycles. The molecule has 0 spiro atoms. The maximum atomic E-state index is 12.6. The van der Waals surface area contributed by atoms with Crippen molar-refractivity contribution in [3.05, 3.63) is 60.2 Å². The first-order valence-corrected chi connectivity index (χ1v) is 9.24. The van der Waals surface area contributed by atoms with Crippen molar-refractivity contribution >= 4 is 26.7 Å². The molecular weight excluding hydrogens is 342 g/mol. The van der Waals surface area contributed by atoms with Crippen molar-refractivity contribution in [1.29, 1.82) is 0 Å². The van der Waals surface area contributed by atoms with Crippen molar-refractivity contribution in [2.75, 3.05) is 13.4 Å². The summed E-state index contributed by atoms with van der Waals surface area (Å²) >= 11 is 0. The summed E-state index contributed by atoms with van der Waals surface area (Å²) < 4.78 is 34.3. The van der Waals surface area contributed by atoms with E-state index in [0.29, 0.717) is 22.4 Å². The van der Waals surface area contributed by atoms with Gasteiger partial charge in [-0.15, -0.1) is 0 Å². The van der Waals surface area contributed by atoms with Crippen LogP contribution in [-0.2, 0) is 9.84 Å². The Kier molecular flexibility index (Phi) is 4.41. The van der Waals surface area contributed by atoms with Crippen LogP contribution in [0.4, 0.5) is 0 Å². The third kappa shape index (κ3) is 3.61. The Bertz CT molecular complexity index is 1050. The van der Waals surface area contributed by atoms with Gasteiger partial charge in [0.25, 0.3) is 0 Å². The fraction of sp³-hybridized carbons (Fsp3) is 0.111. The summed E-state index contributed by atoms with van der Waals surface area (Å²) in [6.45, 7) is 0. The standard InChI is InChI=1S/C18H15NO5S/c1-23-13-8-9-16-14(10-13)15(11-17(19-16)25(2,21)22)18(20)24-12-6-4-3-5-7-12/h3-11H,1-2H3. The Balaban J connectivity index is 2.17. The van der Waals surface area contributed by atoms with E-state index in [9.17, 15) is 13.2 Å². The summed E-state index contributed by atoms with van der Waals surface area (Å²) in [5.74, 6) is 0.216. The molecule has 3 rings (SSSR count). The van der Waals surface area contributed by atoms with Crippen LogP contribution in [0, 0.1) is 0 Å². The number of aromatic nitrogens is 1. The molecule has 0 radical (unpaired) electrons. The van der Waals surface area contributed by atoms with Crippen LogP contribution < -0.4 is 9.47 Å². The zero-order valence-corrected chi connectivity index (χ0v) is 14.4. The van der Waals surface area contributed by atoms with Gasteiger partial charge < -0.3 is 9.47 Å². The van der Waals surface area contributed by atoms with Crippen molar-refractivity contribution in [3.63, 3.8) is 0 Å². The van der Waals surface area contributed by atoms with Crippen LogP contribution >= 0.6 is 0 Å². The first-order chi connectivity index (χ1) is 11.9. The van der Waals surface area contributed by atoms with E-state index in [1.54, 1.807) is 48.5 Å². The van der Waals surface area contributed by atoms with Gasteiger partial charge in [0.1, 0.15) is 11.5 Å². The minimum Gasteiger partial charge on any atom is -0.497 e. The highest BCUT2D eigenvalue weighted by Crippen LogP contribution is 2.26. The molecule has 0 saturated carbocycles. The van der Waals surface area contributed by atoms with Gasteiger partial charge in [-0.1, -0.05) is 18.2 Å². The van der Waals surface area contributed by atoms with Crippen molar-refractivity contribution in [1.82, 2.24) is 4.98 Å². The number of fused-ring (bicyclic) bond motifs is 1. The number of nitrogens with zero attached hydrogens (tertiary/aromatic N) is 1. The van der Waals surface area contributed by atoms with Crippen LogP contribution in [0.1, 0.15) is 10.4 Å².